The molecular weight excluding hydrogens is 360 g/mol. The Morgan fingerprint density at radius 2 is 1.69 bits per heavy atom. The Bertz CT molecular complexity index is 1300. The van der Waals surface area contributed by atoms with Gasteiger partial charge >= 0.3 is 0 Å². The van der Waals surface area contributed by atoms with Crippen molar-refractivity contribution in [2.75, 3.05) is 7.11 Å². The molecule has 0 spiro atoms. The molecule has 3 aromatic carbocycles. The molecule has 0 atom stereocenters. The van der Waals surface area contributed by atoms with Crippen molar-refractivity contribution >= 4 is 27.6 Å². The summed E-state index contributed by atoms with van der Waals surface area (Å²) in [5, 5.41) is 2.02. The maximum atomic E-state index is 13.5. The Kier molecular flexibility index (Phi) is 4.17. The molecule has 0 fully saturated rings. The van der Waals surface area contributed by atoms with Crippen molar-refractivity contribution in [3.05, 3.63) is 102 Å². The van der Waals surface area contributed by atoms with Crippen LogP contribution in [0.5, 0.6) is 5.75 Å². The molecule has 2 aromatic heterocycles. The summed E-state index contributed by atoms with van der Waals surface area (Å²) in [6.07, 6.45) is 0. The van der Waals surface area contributed by atoms with Gasteiger partial charge in [-0.3, -0.25) is 4.79 Å². The van der Waals surface area contributed by atoms with E-state index < -0.39 is 0 Å². The molecule has 0 aliphatic heterocycles. The summed E-state index contributed by atoms with van der Waals surface area (Å²) in [7, 11) is 1.65. The number of nitrogens with zero attached hydrogens (tertiary/aromatic N) is 1. The highest BCUT2D eigenvalue weighted by atomic mass is 16.5. The van der Waals surface area contributed by atoms with Gasteiger partial charge in [0.25, 0.3) is 0 Å². The van der Waals surface area contributed by atoms with Crippen molar-refractivity contribution in [3.63, 3.8) is 0 Å². The molecule has 29 heavy (non-hydrogen) atoms. The maximum absolute atomic E-state index is 13.5. The monoisotopic (exact) mass is 380 g/mol. The van der Waals surface area contributed by atoms with Crippen LogP contribution in [0.4, 0.5) is 0 Å². The number of fused-ring (bicyclic) bond motifs is 2. The van der Waals surface area contributed by atoms with E-state index in [0.29, 0.717) is 17.9 Å². The van der Waals surface area contributed by atoms with Crippen molar-refractivity contribution < 1.29 is 9.53 Å². The minimum Gasteiger partial charge on any atom is -0.497 e. The van der Waals surface area contributed by atoms with E-state index in [4.69, 9.17) is 4.74 Å². The van der Waals surface area contributed by atoms with Crippen LogP contribution in [0, 0.1) is 0 Å². The van der Waals surface area contributed by atoms with Crippen LogP contribution in [0.3, 0.4) is 0 Å². The number of ketones is 1. The Balaban J connectivity index is 1.66. The molecule has 142 valence electrons. The molecule has 0 aliphatic rings. The van der Waals surface area contributed by atoms with Crippen molar-refractivity contribution in [2.24, 2.45) is 0 Å². The van der Waals surface area contributed by atoms with E-state index in [1.165, 1.54) is 0 Å². The van der Waals surface area contributed by atoms with Gasteiger partial charge in [-0.25, -0.2) is 0 Å². The van der Waals surface area contributed by atoms with E-state index in [1.807, 2.05) is 72.8 Å². The number of carbonyl (C=O) groups excluding carboxylic acids is 1. The molecule has 0 saturated carbocycles. The minimum atomic E-state index is -0.0210. The lowest BCUT2D eigenvalue weighted by molar-refractivity contribution is 0.102. The quantitative estimate of drug-likeness (QED) is 0.414. The molecule has 4 nitrogen and oxygen atoms in total. The summed E-state index contributed by atoms with van der Waals surface area (Å²) in [4.78, 5) is 16.7. The number of hydrogen-bond donors (Lipinski definition) is 1. The van der Waals surface area contributed by atoms with Gasteiger partial charge in [0.05, 0.1) is 18.5 Å². The molecule has 5 rings (SSSR count). The molecule has 0 saturated heterocycles. The van der Waals surface area contributed by atoms with Gasteiger partial charge in [0.1, 0.15) is 5.75 Å². The van der Waals surface area contributed by atoms with Gasteiger partial charge < -0.3 is 14.3 Å². The molecule has 0 bridgehead atoms. The first-order chi connectivity index (χ1) is 14.2. The fraction of sp³-hybridized carbons (Fsp3) is 0.0800. The van der Waals surface area contributed by atoms with Gasteiger partial charge in [-0.2, -0.15) is 0 Å². The third-order valence-corrected chi connectivity index (χ3v) is 5.30. The summed E-state index contributed by atoms with van der Waals surface area (Å²) in [5.74, 6) is 0.756. The average molecular weight is 380 g/mol. The zero-order valence-electron chi connectivity index (χ0n) is 16.1. The van der Waals surface area contributed by atoms with Crippen LogP contribution < -0.4 is 4.74 Å². The Hall–Kier alpha value is -3.79. The molecule has 4 heteroatoms. The maximum Gasteiger partial charge on any atom is 0.225 e. The Morgan fingerprint density at radius 3 is 2.48 bits per heavy atom. The van der Waals surface area contributed by atoms with E-state index >= 15 is 0 Å². The van der Waals surface area contributed by atoms with Gasteiger partial charge in [0.15, 0.2) is 0 Å². The summed E-state index contributed by atoms with van der Waals surface area (Å²) in [5.41, 5.74) is 4.36. The first-order valence-corrected chi connectivity index (χ1v) is 9.56. The highest BCUT2D eigenvalue weighted by molar-refractivity contribution is 6.11. The minimum absolute atomic E-state index is 0.0210. The predicted octanol–water partition coefficient (Wildman–Crippen LogP) is 5.41. The van der Waals surface area contributed by atoms with Crippen LogP contribution in [0.1, 0.15) is 21.7 Å². The summed E-state index contributed by atoms with van der Waals surface area (Å²) in [6.45, 7) is 0.623. The van der Waals surface area contributed by atoms with Crippen molar-refractivity contribution in [2.45, 2.75) is 6.54 Å². The van der Waals surface area contributed by atoms with E-state index in [0.717, 1.165) is 33.1 Å². The van der Waals surface area contributed by atoms with E-state index in [-0.39, 0.29) is 5.78 Å². The van der Waals surface area contributed by atoms with Crippen molar-refractivity contribution in [1.29, 1.82) is 0 Å². The molecule has 0 aliphatic carbocycles. The van der Waals surface area contributed by atoms with Gasteiger partial charge in [-0.15, -0.1) is 0 Å². The van der Waals surface area contributed by atoms with Gasteiger partial charge in [0.2, 0.25) is 5.78 Å². The average Bonchev–Trinajstić information content (AvgIpc) is 3.35. The fourth-order valence-electron chi connectivity index (χ4n) is 3.83. The topological polar surface area (TPSA) is 47.0 Å². The van der Waals surface area contributed by atoms with Gasteiger partial charge in [-0.1, -0.05) is 48.5 Å². The number of methoxy groups -OCH3 is 1. The van der Waals surface area contributed by atoms with E-state index in [2.05, 4.69) is 21.7 Å². The first kappa shape index (κ1) is 17.3. The standard InChI is InChI=1S/C25H20N2O2/c1-29-20-11-12-23-19(13-20)15-24(27(23)16-17-7-3-2-4-8-17)25(28)22-14-18-9-5-6-10-21(18)26-22/h2-15,26H,16H2,1H3. The first-order valence-electron chi connectivity index (χ1n) is 9.56. The lowest BCUT2D eigenvalue weighted by Gasteiger charge is -2.10. The second-order valence-corrected chi connectivity index (χ2v) is 7.13. The second kappa shape index (κ2) is 6.99. The van der Waals surface area contributed by atoms with E-state index in [1.54, 1.807) is 7.11 Å². The number of hydrogen-bond acceptors (Lipinski definition) is 2. The summed E-state index contributed by atoms with van der Waals surface area (Å²) < 4.78 is 7.46. The fourth-order valence-corrected chi connectivity index (χ4v) is 3.83. The van der Waals surface area contributed by atoms with Gasteiger partial charge in [0, 0.05) is 28.4 Å². The van der Waals surface area contributed by atoms with Crippen LogP contribution in [0.2, 0.25) is 0 Å². The number of benzene rings is 3. The predicted molar refractivity (Wildman–Crippen MR) is 116 cm³/mol. The van der Waals surface area contributed by atoms with Crippen LogP contribution in [0.25, 0.3) is 21.8 Å². The second-order valence-electron chi connectivity index (χ2n) is 7.13. The van der Waals surface area contributed by atoms with Crippen LogP contribution >= 0.6 is 0 Å². The Labute approximate surface area is 168 Å². The largest absolute Gasteiger partial charge is 0.497 e. The highest BCUT2D eigenvalue weighted by Gasteiger charge is 2.19. The number of carbonyl (C=O) groups is 1. The SMILES string of the molecule is COc1ccc2c(c1)cc(C(=O)c1cc3ccccc3[nH]1)n2Cc1ccccc1. The third-order valence-electron chi connectivity index (χ3n) is 5.30. The van der Waals surface area contributed by atoms with Crippen molar-refractivity contribution in [1.82, 2.24) is 9.55 Å². The number of H-pyrrole nitrogens is 1. The van der Waals surface area contributed by atoms with Crippen LogP contribution in [-0.4, -0.2) is 22.4 Å². The third kappa shape index (κ3) is 3.09. The highest BCUT2D eigenvalue weighted by Crippen LogP contribution is 2.28. The molecule has 5 aromatic rings. The molecule has 0 radical (unpaired) electrons. The normalized spacial score (nSPS) is 11.2. The zero-order valence-corrected chi connectivity index (χ0v) is 16.1. The summed E-state index contributed by atoms with van der Waals surface area (Å²) >= 11 is 0. The van der Waals surface area contributed by atoms with Crippen LogP contribution in [-0.2, 0) is 6.54 Å². The number of para-hydroxylation sites is 1. The smallest absolute Gasteiger partial charge is 0.225 e. The lowest BCUT2D eigenvalue weighted by atomic mass is 10.1. The number of aromatic amines is 1. The van der Waals surface area contributed by atoms with Crippen LogP contribution in [0.15, 0.2) is 84.9 Å². The molecular formula is C25H20N2O2. The van der Waals surface area contributed by atoms with Gasteiger partial charge in [-0.05, 0) is 42.0 Å². The number of ether oxygens (including phenoxy) is 1. The summed E-state index contributed by atoms with van der Waals surface area (Å²) in [6, 6.07) is 27.9. The molecule has 1 N–H and O–H groups in total. The zero-order chi connectivity index (χ0) is 19.8. The molecule has 0 unspecified atom stereocenters. The number of rotatable bonds is 5. The number of nitrogens with one attached hydrogen (secondary N) is 1. The molecule has 2 heterocycles. The van der Waals surface area contributed by atoms with Crippen molar-refractivity contribution in [3.8, 4) is 5.75 Å². The lowest BCUT2D eigenvalue weighted by Crippen LogP contribution is -2.11. The molecule has 0 amide bonds. The van der Waals surface area contributed by atoms with E-state index in [9.17, 15) is 4.79 Å². The number of aromatic nitrogens is 2. The Morgan fingerprint density at radius 1 is 0.897 bits per heavy atom.